The van der Waals surface area contributed by atoms with Gasteiger partial charge in [-0.3, -0.25) is 4.90 Å². The Hall–Kier alpha value is -2.19. The van der Waals surface area contributed by atoms with Crippen LogP contribution in [0.2, 0.25) is 0 Å². The number of nitrogens with zero attached hydrogens (tertiary/aromatic N) is 3. The van der Waals surface area contributed by atoms with Crippen LogP contribution in [-0.2, 0) is 29.3 Å². The number of phenols is 1. The number of fused-ring (bicyclic) bond motifs is 1. The Kier molecular flexibility index (Phi) is 4.42. The zero-order valence-corrected chi connectivity index (χ0v) is 14.4. The van der Waals surface area contributed by atoms with E-state index in [1.165, 1.54) is 0 Å². The van der Waals surface area contributed by atoms with Crippen molar-refractivity contribution in [3.63, 3.8) is 0 Å². The minimum Gasteiger partial charge on any atom is -0.508 e. The van der Waals surface area contributed by atoms with Crippen LogP contribution in [0.5, 0.6) is 11.5 Å². The molecule has 2 aromatic rings. The number of hydrogen-bond acceptors (Lipinski definition) is 7. The van der Waals surface area contributed by atoms with Crippen LogP contribution in [0.3, 0.4) is 0 Å². The molecule has 3 rings (SSSR count). The summed E-state index contributed by atoms with van der Waals surface area (Å²) in [5.74, 6) is 0.923. The Morgan fingerprint density at radius 2 is 2.17 bits per heavy atom. The Balaban J connectivity index is 1.78. The summed E-state index contributed by atoms with van der Waals surface area (Å²) < 4.78 is 28.3. The van der Waals surface area contributed by atoms with E-state index in [0.717, 1.165) is 29.6 Å². The number of aromatic hydroxyl groups is 1. The fraction of sp³-hybridized carbons (Fsp3) is 0.375. The summed E-state index contributed by atoms with van der Waals surface area (Å²) in [6.07, 6.45) is 3.33. The lowest BCUT2D eigenvalue weighted by molar-refractivity contribution is 0.238. The molecular weight excluding hydrogens is 330 g/mol. The van der Waals surface area contributed by atoms with Gasteiger partial charge in [0.05, 0.1) is 12.8 Å². The molecule has 1 N–H and O–H groups in total. The number of sulfone groups is 1. The molecule has 0 aliphatic carbocycles. The molecule has 2 heterocycles. The van der Waals surface area contributed by atoms with Crippen molar-refractivity contribution >= 4 is 9.84 Å². The van der Waals surface area contributed by atoms with E-state index in [1.807, 2.05) is 6.07 Å². The molecule has 0 saturated carbocycles. The van der Waals surface area contributed by atoms with Gasteiger partial charge in [0.15, 0.2) is 0 Å². The van der Waals surface area contributed by atoms with Gasteiger partial charge in [-0.05, 0) is 18.2 Å². The minimum absolute atomic E-state index is 0.125. The first kappa shape index (κ1) is 16.7. The lowest BCUT2D eigenvalue weighted by Gasteiger charge is -2.28. The van der Waals surface area contributed by atoms with Crippen molar-refractivity contribution in [1.82, 2.24) is 14.9 Å². The first-order valence-corrected chi connectivity index (χ1v) is 9.39. The van der Waals surface area contributed by atoms with E-state index in [2.05, 4.69) is 14.9 Å². The Morgan fingerprint density at radius 1 is 1.38 bits per heavy atom. The van der Waals surface area contributed by atoms with E-state index in [4.69, 9.17) is 4.74 Å². The molecule has 7 nitrogen and oxygen atoms in total. The summed E-state index contributed by atoms with van der Waals surface area (Å²) in [6, 6.07) is 5.15. The largest absolute Gasteiger partial charge is 0.508 e. The van der Waals surface area contributed by atoms with Crippen LogP contribution in [0.4, 0.5) is 0 Å². The smallest absolute Gasteiger partial charge is 0.246 e. The fourth-order valence-corrected chi connectivity index (χ4v) is 3.25. The van der Waals surface area contributed by atoms with Crippen LogP contribution in [0, 0.1) is 0 Å². The predicted octanol–water partition coefficient (Wildman–Crippen LogP) is 1.15. The molecule has 0 saturated heterocycles. The third-order valence-corrected chi connectivity index (χ3v) is 4.86. The summed E-state index contributed by atoms with van der Waals surface area (Å²) in [6.45, 7) is 1.90. The van der Waals surface area contributed by atoms with E-state index in [0.29, 0.717) is 25.3 Å². The molecule has 1 aromatic carbocycles. The summed E-state index contributed by atoms with van der Waals surface area (Å²) in [5, 5.41) is 9.88. The molecule has 0 spiro atoms. The average molecular weight is 349 g/mol. The predicted molar refractivity (Wildman–Crippen MR) is 87.6 cm³/mol. The molecule has 1 aromatic heterocycles. The number of ether oxygens (including phenoxy) is 1. The molecule has 1 aliphatic rings. The van der Waals surface area contributed by atoms with E-state index >= 15 is 0 Å². The molecule has 128 valence electrons. The standard InChI is InChI=1S/C16H19N3O4S/c1-23-13-3-4-15(20)11(7-13)9-19-6-5-14-12(10-19)8-17-16(18-14)24(2,21)22/h3-4,7-8,20H,5-6,9-10H2,1-2H3. The van der Waals surface area contributed by atoms with Gasteiger partial charge in [0.25, 0.3) is 0 Å². The van der Waals surface area contributed by atoms with Crippen LogP contribution in [0.25, 0.3) is 0 Å². The van der Waals surface area contributed by atoms with Gasteiger partial charge < -0.3 is 9.84 Å². The van der Waals surface area contributed by atoms with Crippen LogP contribution in [0.1, 0.15) is 16.8 Å². The van der Waals surface area contributed by atoms with Gasteiger partial charge >= 0.3 is 0 Å². The summed E-state index contributed by atoms with van der Waals surface area (Å²) >= 11 is 0. The van der Waals surface area contributed by atoms with Crippen molar-refractivity contribution in [2.75, 3.05) is 19.9 Å². The number of phenolic OH excluding ortho intramolecular Hbond substituents is 1. The van der Waals surface area contributed by atoms with Crippen molar-refractivity contribution in [3.05, 3.63) is 41.2 Å². The third-order valence-electron chi connectivity index (χ3n) is 4.00. The lowest BCUT2D eigenvalue weighted by atomic mass is 10.1. The lowest BCUT2D eigenvalue weighted by Crippen LogP contribution is -2.31. The van der Waals surface area contributed by atoms with Gasteiger partial charge in [0.1, 0.15) is 11.5 Å². The summed E-state index contributed by atoms with van der Waals surface area (Å²) in [4.78, 5) is 10.3. The number of rotatable bonds is 4. The first-order valence-electron chi connectivity index (χ1n) is 7.50. The molecule has 8 heteroatoms. The molecule has 24 heavy (non-hydrogen) atoms. The maximum Gasteiger partial charge on any atom is 0.246 e. The van der Waals surface area contributed by atoms with Crippen LogP contribution in [-0.4, -0.2) is 48.3 Å². The van der Waals surface area contributed by atoms with Gasteiger partial charge in [-0.1, -0.05) is 0 Å². The molecule has 0 unspecified atom stereocenters. The normalized spacial score (nSPS) is 15.1. The van der Waals surface area contributed by atoms with Crippen LogP contribution < -0.4 is 4.74 Å². The SMILES string of the molecule is COc1ccc(O)c(CN2CCc3nc(S(C)(=O)=O)ncc3C2)c1. The minimum atomic E-state index is -3.39. The molecule has 0 atom stereocenters. The van der Waals surface area contributed by atoms with Crippen molar-refractivity contribution in [2.45, 2.75) is 24.7 Å². The molecule has 0 fully saturated rings. The number of hydrogen-bond donors (Lipinski definition) is 1. The molecule has 1 aliphatic heterocycles. The van der Waals surface area contributed by atoms with Crippen molar-refractivity contribution in [3.8, 4) is 11.5 Å². The maximum absolute atomic E-state index is 11.5. The second kappa shape index (κ2) is 6.37. The van der Waals surface area contributed by atoms with Crippen molar-refractivity contribution < 1.29 is 18.3 Å². The molecular formula is C16H19N3O4S. The molecule has 0 radical (unpaired) electrons. The zero-order valence-electron chi connectivity index (χ0n) is 13.6. The van der Waals surface area contributed by atoms with E-state index in [1.54, 1.807) is 25.4 Å². The Bertz CT molecular complexity index is 868. The quantitative estimate of drug-likeness (QED) is 0.828. The highest BCUT2D eigenvalue weighted by molar-refractivity contribution is 7.90. The average Bonchev–Trinajstić information content (AvgIpc) is 2.55. The number of methoxy groups -OCH3 is 1. The van der Waals surface area contributed by atoms with Gasteiger partial charge in [-0.2, -0.15) is 0 Å². The fourth-order valence-electron chi connectivity index (χ4n) is 2.73. The van der Waals surface area contributed by atoms with E-state index < -0.39 is 9.84 Å². The zero-order chi connectivity index (χ0) is 17.3. The highest BCUT2D eigenvalue weighted by Gasteiger charge is 2.21. The van der Waals surface area contributed by atoms with Gasteiger partial charge in [0, 0.05) is 49.6 Å². The van der Waals surface area contributed by atoms with Crippen LogP contribution in [0.15, 0.2) is 29.6 Å². The monoisotopic (exact) mass is 349 g/mol. The highest BCUT2D eigenvalue weighted by Crippen LogP contribution is 2.26. The van der Waals surface area contributed by atoms with E-state index in [9.17, 15) is 13.5 Å². The summed E-state index contributed by atoms with van der Waals surface area (Å²) in [7, 11) is -1.81. The number of aromatic nitrogens is 2. The highest BCUT2D eigenvalue weighted by atomic mass is 32.2. The van der Waals surface area contributed by atoms with Crippen LogP contribution >= 0.6 is 0 Å². The number of benzene rings is 1. The van der Waals surface area contributed by atoms with Crippen molar-refractivity contribution in [1.29, 1.82) is 0 Å². The molecule has 0 amide bonds. The van der Waals surface area contributed by atoms with E-state index in [-0.39, 0.29) is 10.9 Å². The Labute approximate surface area is 140 Å². The van der Waals surface area contributed by atoms with Crippen molar-refractivity contribution in [2.24, 2.45) is 0 Å². The molecule has 0 bridgehead atoms. The van der Waals surface area contributed by atoms with Gasteiger partial charge in [-0.25, -0.2) is 18.4 Å². The second-order valence-corrected chi connectivity index (χ2v) is 7.76. The summed E-state index contributed by atoms with van der Waals surface area (Å²) in [5.41, 5.74) is 2.47. The van der Waals surface area contributed by atoms with Gasteiger partial charge in [-0.15, -0.1) is 0 Å². The first-order chi connectivity index (χ1) is 11.4. The van der Waals surface area contributed by atoms with Gasteiger partial charge in [0.2, 0.25) is 15.0 Å². The second-order valence-electron chi connectivity index (χ2n) is 5.85. The maximum atomic E-state index is 11.5. The Morgan fingerprint density at radius 3 is 2.88 bits per heavy atom. The third kappa shape index (κ3) is 3.49. The topological polar surface area (TPSA) is 92.6 Å².